The van der Waals surface area contributed by atoms with Crippen LogP contribution in [0.1, 0.15) is 18.4 Å². The number of carbonyl (C=O) groups is 1. The predicted molar refractivity (Wildman–Crippen MR) is 90.4 cm³/mol. The molecule has 0 spiro atoms. The molecule has 2 rings (SSSR count). The van der Waals surface area contributed by atoms with Crippen molar-refractivity contribution in [1.82, 2.24) is 10.6 Å². The summed E-state index contributed by atoms with van der Waals surface area (Å²) in [5, 5.41) is 6.36. The van der Waals surface area contributed by atoms with E-state index >= 15 is 0 Å². The van der Waals surface area contributed by atoms with Gasteiger partial charge in [0, 0.05) is 19.1 Å². The van der Waals surface area contributed by atoms with Crippen LogP contribution in [0.15, 0.2) is 30.3 Å². The number of hydrogen-bond donors (Lipinski definition) is 2. The summed E-state index contributed by atoms with van der Waals surface area (Å²) >= 11 is 0. The molecule has 1 amide bonds. The lowest BCUT2D eigenvalue weighted by atomic mass is 9.79. The standard InChI is InChI=1S/C18H28N2O3/c1-22-15-18(8-10-19-11-9-18)14-20-17(21)13-23-12-7-16-5-3-2-4-6-16/h2-6,19H,7-15H2,1H3,(H,20,21). The molecule has 0 unspecified atom stereocenters. The van der Waals surface area contributed by atoms with Gasteiger partial charge in [0.15, 0.2) is 0 Å². The maximum atomic E-state index is 12.0. The lowest BCUT2D eigenvalue weighted by molar-refractivity contribution is -0.126. The molecule has 5 nitrogen and oxygen atoms in total. The number of carbonyl (C=O) groups excluding carboxylic acids is 1. The summed E-state index contributed by atoms with van der Waals surface area (Å²) in [5.41, 5.74) is 1.28. The second kappa shape index (κ2) is 9.65. The molecule has 1 aromatic carbocycles. The topological polar surface area (TPSA) is 59.6 Å². The summed E-state index contributed by atoms with van der Waals surface area (Å²) < 4.78 is 10.8. The maximum Gasteiger partial charge on any atom is 0.246 e. The Hall–Kier alpha value is -1.43. The molecule has 0 saturated carbocycles. The lowest BCUT2D eigenvalue weighted by Gasteiger charge is -2.37. The van der Waals surface area contributed by atoms with Gasteiger partial charge in [0.1, 0.15) is 6.61 Å². The van der Waals surface area contributed by atoms with Gasteiger partial charge in [-0.1, -0.05) is 30.3 Å². The molecule has 23 heavy (non-hydrogen) atoms. The van der Waals surface area contributed by atoms with Crippen LogP contribution in [-0.4, -0.2) is 52.5 Å². The van der Waals surface area contributed by atoms with Gasteiger partial charge in [-0.15, -0.1) is 0 Å². The van der Waals surface area contributed by atoms with Crippen molar-refractivity contribution in [2.75, 3.05) is 46.6 Å². The van der Waals surface area contributed by atoms with E-state index in [1.54, 1.807) is 7.11 Å². The Morgan fingerprint density at radius 1 is 1.26 bits per heavy atom. The average Bonchev–Trinajstić information content (AvgIpc) is 2.59. The highest BCUT2D eigenvalue weighted by molar-refractivity contribution is 5.77. The van der Waals surface area contributed by atoms with E-state index in [1.807, 2.05) is 18.2 Å². The van der Waals surface area contributed by atoms with Crippen molar-refractivity contribution < 1.29 is 14.3 Å². The largest absolute Gasteiger partial charge is 0.384 e. The van der Waals surface area contributed by atoms with Crippen molar-refractivity contribution in [2.45, 2.75) is 19.3 Å². The Balaban J connectivity index is 1.64. The minimum absolute atomic E-state index is 0.0490. The van der Waals surface area contributed by atoms with E-state index in [9.17, 15) is 4.79 Å². The molecule has 0 aromatic heterocycles. The van der Waals surface area contributed by atoms with E-state index < -0.39 is 0 Å². The molecule has 1 aliphatic heterocycles. The van der Waals surface area contributed by atoms with Gasteiger partial charge in [-0.2, -0.15) is 0 Å². The molecule has 0 aliphatic carbocycles. The summed E-state index contributed by atoms with van der Waals surface area (Å²) in [6.07, 6.45) is 2.87. The van der Waals surface area contributed by atoms with Gasteiger partial charge < -0.3 is 20.1 Å². The normalized spacial score (nSPS) is 16.9. The molecule has 0 bridgehead atoms. The van der Waals surface area contributed by atoms with E-state index in [2.05, 4.69) is 22.8 Å². The monoisotopic (exact) mass is 320 g/mol. The van der Waals surface area contributed by atoms with Crippen molar-refractivity contribution in [3.05, 3.63) is 35.9 Å². The third-order valence-electron chi connectivity index (χ3n) is 4.39. The number of amides is 1. The highest BCUT2D eigenvalue weighted by atomic mass is 16.5. The molecule has 5 heteroatoms. The summed E-state index contributed by atoms with van der Waals surface area (Å²) in [4.78, 5) is 12.0. The van der Waals surface area contributed by atoms with E-state index in [-0.39, 0.29) is 17.9 Å². The third-order valence-corrected chi connectivity index (χ3v) is 4.39. The van der Waals surface area contributed by atoms with Gasteiger partial charge >= 0.3 is 0 Å². The molecule has 0 atom stereocenters. The van der Waals surface area contributed by atoms with Gasteiger partial charge in [-0.3, -0.25) is 4.79 Å². The molecule has 1 heterocycles. The second-order valence-corrected chi connectivity index (χ2v) is 6.25. The molecule has 2 N–H and O–H groups in total. The quantitative estimate of drug-likeness (QED) is 0.675. The average molecular weight is 320 g/mol. The van der Waals surface area contributed by atoms with Crippen molar-refractivity contribution in [3.63, 3.8) is 0 Å². The number of benzene rings is 1. The van der Waals surface area contributed by atoms with Crippen molar-refractivity contribution >= 4 is 5.91 Å². The first kappa shape index (κ1) is 17.9. The fourth-order valence-corrected chi connectivity index (χ4v) is 2.97. The third kappa shape index (κ3) is 6.29. The Bertz CT molecular complexity index is 453. The number of methoxy groups -OCH3 is 1. The Morgan fingerprint density at radius 3 is 2.70 bits per heavy atom. The highest BCUT2D eigenvalue weighted by Gasteiger charge is 2.32. The van der Waals surface area contributed by atoms with Crippen LogP contribution < -0.4 is 10.6 Å². The van der Waals surface area contributed by atoms with Gasteiger partial charge in [-0.05, 0) is 37.9 Å². The van der Waals surface area contributed by atoms with E-state index in [4.69, 9.17) is 9.47 Å². The molecule has 128 valence electrons. The van der Waals surface area contributed by atoms with Crippen LogP contribution in [0, 0.1) is 5.41 Å². The fourth-order valence-electron chi connectivity index (χ4n) is 2.97. The fraction of sp³-hybridized carbons (Fsp3) is 0.611. The SMILES string of the molecule is COCC1(CNC(=O)COCCc2ccccc2)CCNCC1. The number of hydrogen-bond acceptors (Lipinski definition) is 4. The number of rotatable bonds is 9. The zero-order valence-corrected chi connectivity index (χ0v) is 14.0. The van der Waals surface area contributed by atoms with Crippen molar-refractivity contribution in [2.24, 2.45) is 5.41 Å². The summed E-state index contributed by atoms with van der Waals surface area (Å²) in [6, 6.07) is 10.1. The zero-order valence-electron chi connectivity index (χ0n) is 14.0. The van der Waals surface area contributed by atoms with E-state index in [0.29, 0.717) is 19.8 Å². The first-order valence-corrected chi connectivity index (χ1v) is 8.32. The van der Waals surface area contributed by atoms with Crippen LogP contribution >= 0.6 is 0 Å². The molecule has 0 radical (unpaired) electrons. The van der Waals surface area contributed by atoms with Crippen LogP contribution in [0.5, 0.6) is 0 Å². The lowest BCUT2D eigenvalue weighted by Crippen LogP contribution is -2.47. The van der Waals surface area contributed by atoms with Gasteiger partial charge in [-0.25, -0.2) is 0 Å². The summed E-state index contributed by atoms with van der Waals surface area (Å²) in [7, 11) is 1.72. The van der Waals surface area contributed by atoms with Crippen LogP contribution in [0.25, 0.3) is 0 Å². The minimum Gasteiger partial charge on any atom is -0.384 e. The maximum absolute atomic E-state index is 12.0. The zero-order chi connectivity index (χ0) is 16.4. The number of nitrogens with one attached hydrogen (secondary N) is 2. The summed E-state index contributed by atoms with van der Waals surface area (Å²) in [6.45, 7) is 3.98. The Kier molecular flexibility index (Phi) is 7.52. The first-order valence-electron chi connectivity index (χ1n) is 8.32. The van der Waals surface area contributed by atoms with E-state index in [1.165, 1.54) is 5.56 Å². The summed E-state index contributed by atoms with van der Waals surface area (Å²) in [5.74, 6) is -0.0490. The number of piperidine rings is 1. The van der Waals surface area contributed by atoms with Gasteiger partial charge in [0.25, 0.3) is 0 Å². The predicted octanol–water partition coefficient (Wildman–Crippen LogP) is 1.38. The van der Waals surface area contributed by atoms with Crippen molar-refractivity contribution in [3.8, 4) is 0 Å². The van der Waals surface area contributed by atoms with Crippen LogP contribution in [0.3, 0.4) is 0 Å². The molecule has 1 aliphatic rings. The van der Waals surface area contributed by atoms with Gasteiger partial charge in [0.2, 0.25) is 5.91 Å². The minimum atomic E-state index is -0.0490. The Labute approximate surface area is 138 Å². The smallest absolute Gasteiger partial charge is 0.246 e. The molecular formula is C18H28N2O3. The molecule has 1 saturated heterocycles. The first-order chi connectivity index (χ1) is 11.2. The van der Waals surface area contributed by atoms with Crippen LogP contribution in [0.2, 0.25) is 0 Å². The highest BCUT2D eigenvalue weighted by Crippen LogP contribution is 2.28. The molecular weight excluding hydrogens is 292 g/mol. The van der Waals surface area contributed by atoms with Crippen LogP contribution in [0.4, 0.5) is 0 Å². The molecule has 1 fully saturated rings. The van der Waals surface area contributed by atoms with Crippen molar-refractivity contribution in [1.29, 1.82) is 0 Å². The van der Waals surface area contributed by atoms with E-state index in [0.717, 1.165) is 32.4 Å². The van der Waals surface area contributed by atoms with Gasteiger partial charge in [0.05, 0.1) is 13.2 Å². The second-order valence-electron chi connectivity index (χ2n) is 6.25. The van der Waals surface area contributed by atoms with Crippen LogP contribution in [-0.2, 0) is 20.7 Å². The molecule has 1 aromatic rings. The number of ether oxygens (including phenoxy) is 2. The Morgan fingerprint density at radius 2 is 2.00 bits per heavy atom.